The van der Waals surface area contributed by atoms with Crippen LogP contribution in [-0.4, -0.2) is 12.5 Å². The minimum Gasteiger partial charge on any atom is -0.302 e. The molecule has 0 aliphatic carbocycles. The smallest absolute Gasteiger partial charge is 0.253 e. The van der Waals surface area contributed by atoms with Gasteiger partial charge in [0, 0.05) is 6.04 Å². The molecule has 15 heavy (non-hydrogen) atoms. The molecule has 0 aliphatic heterocycles. The van der Waals surface area contributed by atoms with Gasteiger partial charge in [-0.2, -0.15) is 0 Å². The van der Waals surface area contributed by atoms with Gasteiger partial charge in [-0.05, 0) is 31.9 Å². The van der Waals surface area contributed by atoms with Crippen LogP contribution >= 0.6 is 0 Å². The summed E-state index contributed by atoms with van der Waals surface area (Å²) in [5.41, 5.74) is 2.20. The molecule has 0 radical (unpaired) electrons. The van der Waals surface area contributed by atoms with E-state index in [2.05, 4.69) is 5.32 Å². The SMILES string of the molecule is Cc1ccccc1[C@@H](C)NC(C)C(F)F. The van der Waals surface area contributed by atoms with E-state index in [1.165, 1.54) is 6.92 Å². The van der Waals surface area contributed by atoms with E-state index >= 15 is 0 Å². The Morgan fingerprint density at radius 3 is 2.27 bits per heavy atom. The lowest BCUT2D eigenvalue weighted by molar-refractivity contribution is 0.101. The summed E-state index contributed by atoms with van der Waals surface area (Å²) >= 11 is 0. The molecule has 1 nitrogen and oxygen atoms in total. The van der Waals surface area contributed by atoms with Gasteiger partial charge < -0.3 is 5.32 Å². The van der Waals surface area contributed by atoms with E-state index < -0.39 is 12.5 Å². The Morgan fingerprint density at radius 2 is 1.73 bits per heavy atom. The summed E-state index contributed by atoms with van der Waals surface area (Å²) in [4.78, 5) is 0. The Hall–Kier alpha value is -0.960. The quantitative estimate of drug-likeness (QED) is 0.809. The molecule has 1 aromatic rings. The Labute approximate surface area is 89.5 Å². The minimum absolute atomic E-state index is 0.0461. The van der Waals surface area contributed by atoms with E-state index in [-0.39, 0.29) is 6.04 Å². The molecule has 1 N–H and O–H groups in total. The average molecular weight is 213 g/mol. The highest BCUT2D eigenvalue weighted by Crippen LogP contribution is 2.18. The van der Waals surface area contributed by atoms with Crippen LogP contribution < -0.4 is 5.32 Å². The average Bonchev–Trinajstić information content (AvgIpc) is 2.18. The van der Waals surface area contributed by atoms with Gasteiger partial charge in [-0.15, -0.1) is 0 Å². The second-order valence-corrected chi connectivity index (χ2v) is 3.87. The summed E-state index contributed by atoms with van der Waals surface area (Å²) in [6, 6.07) is 7.00. The molecule has 1 aromatic carbocycles. The van der Waals surface area contributed by atoms with Crippen LogP contribution in [0.15, 0.2) is 24.3 Å². The van der Waals surface area contributed by atoms with Gasteiger partial charge in [0.1, 0.15) is 0 Å². The Morgan fingerprint density at radius 1 is 1.13 bits per heavy atom. The number of nitrogens with one attached hydrogen (secondary N) is 1. The minimum atomic E-state index is -2.32. The highest BCUT2D eigenvalue weighted by Gasteiger charge is 2.17. The van der Waals surface area contributed by atoms with Crippen LogP contribution in [0.3, 0.4) is 0 Å². The van der Waals surface area contributed by atoms with Gasteiger partial charge in [-0.3, -0.25) is 0 Å². The third-order valence-electron chi connectivity index (χ3n) is 2.55. The third-order valence-corrected chi connectivity index (χ3v) is 2.55. The van der Waals surface area contributed by atoms with E-state index in [4.69, 9.17) is 0 Å². The molecule has 0 saturated heterocycles. The number of hydrogen-bond acceptors (Lipinski definition) is 1. The van der Waals surface area contributed by atoms with Crippen molar-refractivity contribution in [3.63, 3.8) is 0 Å². The molecule has 1 unspecified atom stereocenters. The largest absolute Gasteiger partial charge is 0.302 e. The van der Waals surface area contributed by atoms with Crippen molar-refractivity contribution in [3.8, 4) is 0 Å². The number of aryl methyl sites for hydroxylation is 1. The van der Waals surface area contributed by atoms with Crippen molar-refractivity contribution in [3.05, 3.63) is 35.4 Å². The number of benzene rings is 1. The highest BCUT2D eigenvalue weighted by atomic mass is 19.3. The van der Waals surface area contributed by atoms with E-state index in [9.17, 15) is 8.78 Å². The molecule has 0 aliphatic rings. The first-order valence-electron chi connectivity index (χ1n) is 5.12. The fourth-order valence-electron chi connectivity index (χ4n) is 1.63. The lowest BCUT2D eigenvalue weighted by Crippen LogP contribution is -2.34. The van der Waals surface area contributed by atoms with Gasteiger partial charge in [0.2, 0.25) is 0 Å². The monoisotopic (exact) mass is 213 g/mol. The summed E-state index contributed by atoms with van der Waals surface area (Å²) in [5, 5.41) is 2.89. The topological polar surface area (TPSA) is 12.0 Å². The fraction of sp³-hybridized carbons (Fsp3) is 0.500. The molecule has 0 spiro atoms. The Balaban J connectivity index is 2.69. The van der Waals surface area contributed by atoms with Gasteiger partial charge in [0.05, 0.1) is 6.04 Å². The molecular formula is C12H17F2N. The van der Waals surface area contributed by atoms with Crippen LogP contribution in [0.2, 0.25) is 0 Å². The normalized spacial score (nSPS) is 15.3. The molecule has 0 bridgehead atoms. The van der Waals surface area contributed by atoms with Gasteiger partial charge in [-0.1, -0.05) is 24.3 Å². The summed E-state index contributed by atoms with van der Waals surface area (Å²) in [7, 11) is 0. The van der Waals surface area contributed by atoms with E-state index in [1.54, 1.807) is 0 Å². The number of alkyl halides is 2. The van der Waals surface area contributed by atoms with Gasteiger partial charge in [0.15, 0.2) is 0 Å². The van der Waals surface area contributed by atoms with Crippen LogP contribution in [0.4, 0.5) is 8.78 Å². The number of hydrogen-bond donors (Lipinski definition) is 1. The molecule has 1 rings (SSSR count). The van der Waals surface area contributed by atoms with Crippen molar-refractivity contribution in [2.24, 2.45) is 0 Å². The van der Waals surface area contributed by atoms with Crippen molar-refractivity contribution >= 4 is 0 Å². The first-order chi connectivity index (χ1) is 7.02. The van der Waals surface area contributed by atoms with Crippen LogP contribution in [0.25, 0.3) is 0 Å². The summed E-state index contributed by atoms with van der Waals surface area (Å²) in [6.07, 6.45) is -2.32. The molecule has 0 fully saturated rings. The zero-order valence-electron chi connectivity index (χ0n) is 9.30. The zero-order chi connectivity index (χ0) is 11.4. The maximum Gasteiger partial charge on any atom is 0.253 e. The summed E-state index contributed by atoms with van der Waals surface area (Å²) < 4.78 is 24.7. The lowest BCUT2D eigenvalue weighted by Gasteiger charge is -2.21. The molecule has 84 valence electrons. The molecule has 0 heterocycles. The first kappa shape index (κ1) is 12.1. The summed E-state index contributed by atoms with van der Waals surface area (Å²) in [5.74, 6) is 0. The molecular weight excluding hydrogens is 196 g/mol. The highest BCUT2D eigenvalue weighted by molar-refractivity contribution is 5.28. The van der Waals surface area contributed by atoms with Gasteiger partial charge >= 0.3 is 0 Å². The molecule has 0 saturated carbocycles. The van der Waals surface area contributed by atoms with Crippen molar-refractivity contribution in [2.75, 3.05) is 0 Å². The predicted octanol–water partition coefficient (Wildman–Crippen LogP) is 3.30. The van der Waals surface area contributed by atoms with E-state index in [0.29, 0.717) is 0 Å². The van der Waals surface area contributed by atoms with E-state index in [0.717, 1.165) is 11.1 Å². The second kappa shape index (κ2) is 5.21. The molecule has 0 amide bonds. The Bertz CT molecular complexity index is 312. The number of halogens is 2. The van der Waals surface area contributed by atoms with Crippen molar-refractivity contribution < 1.29 is 8.78 Å². The molecule has 3 heteroatoms. The molecule has 2 atom stereocenters. The third kappa shape index (κ3) is 3.27. The van der Waals surface area contributed by atoms with Crippen molar-refractivity contribution in [1.82, 2.24) is 5.32 Å². The zero-order valence-corrected chi connectivity index (χ0v) is 9.30. The number of rotatable bonds is 4. The standard InChI is InChI=1S/C12H17F2N/c1-8-6-4-5-7-11(8)9(2)15-10(3)12(13)14/h4-7,9-10,12,15H,1-3H3/t9-,10?/m1/s1. The van der Waals surface area contributed by atoms with E-state index in [1.807, 2.05) is 38.1 Å². The first-order valence-corrected chi connectivity index (χ1v) is 5.12. The Kier molecular flexibility index (Phi) is 4.21. The lowest BCUT2D eigenvalue weighted by atomic mass is 10.0. The van der Waals surface area contributed by atoms with Gasteiger partial charge in [-0.25, -0.2) is 8.78 Å². The predicted molar refractivity (Wildman–Crippen MR) is 58.2 cm³/mol. The van der Waals surface area contributed by atoms with Crippen molar-refractivity contribution in [2.45, 2.75) is 39.3 Å². The molecule has 0 aromatic heterocycles. The van der Waals surface area contributed by atoms with Crippen LogP contribution in [0.1, 0.15) is 31.0 Å². The maximum atomic E-state index is 12.3. The second-order valence-electron chi connectivity index (χ2n) is 3.87. The fourth-order valence-corrected chi connectivity index (χ4v) is 1.63. The van der Waals surface area contributed by atoms with Crippen molar-refractivity contribution in [1.29, 1.82) is 0 Å². The van der Waals surface area contributed by atoms with Crippen LogP contribution in [0.5, 0.6) is 0 Å². The van der Waals surface area contributed by atoms with Crippen LogP contribution in [-0.2, 0) is 0 Å². The summed E-state index contributed by atoms with van der Waals surface area (Å²) in [6.45, 7) is 5.39. The van der Waals surface area contributed by atoms with Crippen LogP contribution in [0, 0.1) is 6.92 Å². The van der Waals surface area contributed by atoms with Gasteiger partial charge in [0.25, 0.3) is 6.43 Å². The maximum absolute atomic E-state index is 12.3.